The molecule has 0 unspecified atom stereocenters. The van der Waals surface area contributed by atoms with E-state index in [0.717, 1.165) is 57.8 Å². The first-order valence-electron chi connectivity index (χ1n) is 8.22. The van der Waals surface area contributed by atoms with Gasteiger partial charge in [0.15, 0.2) is 0 Å². The van der Waals surface area contributed by atoms with Crippen LogP contribution in [0, 0.1) is 10.1 Å². The van der Waals surface area contributed by atoms with Crippen molar-refractivity contribution < 1.29 is 4.92 Å². The molecule has 0 aromatic heterocycles. The van der Waals surface area contributed by atoms with Crippen molar-refractivity contribution in [3.05, 3.63) is 27.3 Å². The van der Waals surface area contributed by atoms with Crippen molar-refractivity contribution in [3.63, 3.8) is 0 Å². The SMILES string of the molecule is CN1CCN(c2cc(N3CCCCC3)c([N+](=O)[O-])cc2Cl)CC1. The first-order valence-corrected chi connectivity index (χ1v) is 8.60. The van der Waals surface area contributed by atoms with Crippen LogP contribution >= 0.6 is 11.6 Å². The van der Waals surface area contributed by atoms with Gasteiger partial charge in [-0.3, -0.25) is 10.1 Å². The summed E-state index contributed by atoms with van der Waals surface area (Å²) in [6.07, 6.45) is 3.37. The van der Waals surface area contributed by atoms with Crippen LogP contribution < -0.4 is 9.80 Å². The molecule has 0 radical (unpaired) electrons. The fourth-order valence-electron chi connectivity index (χ4n) is 3.36. The molecule has 6 nitrogen and oxygen atoms in total. The van der Waals surface area contributed by atoms with E-state index in [1.165, 1.54) is 12.5 Å². The normalized spacial score (nSPS) is 19.9. The van der Waals surface area contributed by atoms with E-state index in [1.54, 1.807) is 0 Å². The van der Waals surface area contributed by atoms with Crippen LogP contribution in [-0.4, -0.2) is 56.1 Å². The Bertz CT molecular complexity index is 582. The molecule has 3 rings (SSSR count). The quantitative estimate of drug-likeness (QED) is 0.626. The molecule has 0 N–H and O–H groups in total. The number of piperidine rings is 1. The van der Waals surface area contributed by atoms with Gasteiger partial charge in [0.05, 0.1) is 15.6 Å². The van der Waals surface area contributed by atoms with Gasteiger partial charge in [-0.15, -0.1) is 0 Å². The first-order chi connectivity index (χ1) is 11.1. The molecule has 2 aliphatic rings. The number of likely N-dealkylation sites (N-methyl/N-ethyl adjacent to an activating group) is 1. The van der Waals surface area contributed by atoms with Crippen LogP contribution in [0.4, 0.5) is 17.1 Å². The van der Waals surface area contributed by atoms with Crippen LogP contribution in [0.25, 0.3) is 0 Å². The summed E-state index contributed by atoms with van der Waals surface area (Å²) in [5, 5.41) is 11.9. The Morgan fingerprint density at radius 3 is 2.17 bits per heavy atom. The zero-order chi connectivity index (χ0) is 16.4. The van der Waals surface area contributed by atoms with Crippen molar-refractivity contribution in [2.75, 3.05) is 56.1 Å². The number of hydrogen-bond acceptors (Lipinski definition) is 5. The molecule has 0 saturated carbocycles. The Labute approximate surface area is 141 Å². The number of nitro groups is 1. The van der Waals surface area contributed by atoms with Gasteiger partial charge in [0, 0.05) is 45.3 Å². The highest BCUT2D eigenvalue weighted by molar-refractivity contribution is 6.33. The van der Waals surface area contributed by atoms with E-state index < -0.39 is 0 Å². The van der Waals surface area contributed by atoms with E-state index in [0.29, 0.717) is 10.7 Å². The maximum Gasteiger partial charge on any atom is 0.294 e. The molecular weight excluding hydrogens is 316 g/mol. The van der Waals surface area contributed by atoms with Crippen LogP contribution in [0.15, 0.2) is 12.1 Å². The van der Waals surface area contributed by atoms with E-state index in [2.05, 4.69) is 21.7 Å². The summed E-state index contributed by atoms with van der Waals surface area (Å²) in [4.78, 5) is 17.8. The molecule has 126 valence electrons. The molecule has 2 fully saturated rings. The Morgan fingerprint density at radius 1 is 0.957 bits per heavy atom. The average Bonchev–Trinajstić information content (AvgIpc) is 2.56. The number of hydrogen-bond donors (Lipinski definition) is 0. The van der Waals surface area contributed by atoms with Gasteiger partial charge >= 0.3 is 0 Å². The monoisotopic (exact) mass is 338 g/mol. The fraction of sp³-hybridized carbons (Fsp3) is 0.625. The number of anilines is 2. The van der Waals surface area contributed by atoms with Crippen LogP contribution in [0.3, 0.4) is 0 Å². The standard InChI is InChI=1S/C16H23ClN4O2/c1-18-7-9-20(10-8-18)14-12-15(19-5-3-2-4-6-19)16(21(22)23)11-13(14)17/h11-12H,2-10H2,1H3. The third-order valence-electron chi connectivity index (χ3n) is 4.78. The molecule has 2 aliphatic heterocycles. The summed E-state index contributed by atoms with van der Waals surface area (Å²) in [6.45, 7) is 5.51. The zero-order valence-corrected chi connectivity index (χ0v) is 14.3. The van der Waals surface area contributed by atoms with Crippen LogP contribution in [-0.2, 0) is 0 Å². The molecule has 0 atom stereocenters. The second kappa shape index (κ2) is 6.93. The van der Waals surface area contributed by atoms with Crippen molar-refractivity contribution in [2.24, 2.45) is 0 Å². The third-order valence-corrected chi connectivity index (χ3v) is 5.08. The van der Waals surface area contributed by atoms with Crippen molar-refractivity contribution in [1.29, 1.82) is 0 Å². The Hall–Kier alpha value is -1.53. The maximum atomic E-state index is 11.4. The van der Waals surface area contributed by atoms with Crippen molar-refractivity contribution in [2.45, 2.75) is 19.3 Å². The molecule has 0 aliphatic carbocycles. The van der Waals surface area contributed by atoms with E-state index in [4.69, 9.17) is 11.6 Å². The average molecular weight is 339 g/mol. The lowest BCUT2D eigenvalue weighted by molar-refractivity contribution is -0.384. The summed E-state index contributed by atoms with van der Waals surface area (Å²) in [7, 11) is 2.11. The minimum Gasteiger partial charge on any atom is -0.368 e. The third kappa shape index (κ3) is 3.53. The molecule has 0 amide bonds. The predicted octanol–water partition coefficient (Wildman–Crippen LogP) is 2.99. The fourth-order valence-corrected chi connectivity index (χ4v) is 3.64. The molecule has 23 heavy (non-hydrogen) atoms. The number of nitrogens with zero attached hydrogens (tertiary/aromatic N) is 4. The van der Waals surface area contributed by atoms with Crippen LogP contribution in [0.1, 0.15) is 19.3 Å². The molecule has 2 heterocycles. The number of nitro benzene ring substituents is 1. The number of halogens is 1. The molecule has 0 spiro atoms. The van der Waals surface area contributed by atoms with Gasteiger partial charge < -0.3 is 14.7 Å². The molecular formula is C16H23ClN4O2. The lowest BCUT2D eigenvalue weighted by Crippen LogP contribution is -2.44. The minimum atomic E-state index is -0.316. The van der Waals surface area contributed by atoms with Gasteiger partial charge in [-0.2, -0.15) is 0 Å². The minimum absolute atomic E-state index is 0.120. The van der Waals surface area contributed by atoms with Gasteiger partial charge in [-0.05, 0) is 32.4 Å². The number of rotatable bonds is 3. The lowest BCUT2D eigenvalue weighted by atomic mass is 10.1. The van der Waals surface area contributed by atoms with E-state index in [9.17, 15) is 10.1 Å². The molecule has 1 aromatic carbocycles. The smallest absolute Gasteiger partial charge is 0.294 e. The highest BCUT2D eigenvalue weighted by Crippen LogP contribution is 2.39. The Kier molecular flexibility index (Phi) is 4.92. The summed E-state index contributed by atoms with van der Waals surface area (Å²) < 4.78 is 0. The molecule has 7 heteroatoms. The van der Waals surface area contributed by atoms with Gasteiger partial charge in [0.1, 0.15) is 5.69 Å². The summed E-state index contributed by atoms with van der Waals surface area (Å²) >= 11 is 6.38. The Balaban J connectivity index is 1.95. The molecule has 2 saturated heterocycles. The zero-order valence-electron chi connectivity index (χ0n) is 13.5. The van der Waals surface area contributed by atoms with Crippen LogP contribution in [0.2, 0.25) is 5.02 Å². The largest absolute Gasteiger partial charge is 0.368 e. The second-order valence-corrected chi connectivity index (χ2v) is 6.79. The van der Waals surface area contributed by atoms with Crippen molar-refractivity contribution in [1.82, 2.24) is 4.90 Å². The van der Waals surface area contributed by atoms with Crippen molar-refractivity contribution in [3.8, 4) is 0 Å². The van der Waals surface area contributed by atoms with Gasteiger partial charge in [0.2, 0.25) is 0 Å². The van der Waals surface area contributed by atoms with Gasteiger partial charge in [0.25, 0.3) is 5.69 Å². The topological polar surface area (TPSA) is 52.9 Å². The van der Waals surface area contributed by atoms with Gasteiger partial charge in [-0.25, -0.2) is 0 Å². The predicted molar refractivity (Wildman–Crippen MR) is 93.9 cm³/mol. The van der Waals surface area contributed by atoms with E-state index in [1.807, 2.05) is 6.07 Å². The maximum absolute atomic E-state index is 11.4. The summed E-state index contributed by atoms with van der Waals surface area (Å²) in [6, 6.07) is 3.45. The van der Waals surface area contributed by atoms with Crippen LogP contribution in [0.5, 0.6) is 0 Å². The lowest BCUT2D eigenvalue weighted by Gasteiger charge is -2.35. The summed E-state index contributed by atoms with van der Waals surface area (Å²) in [5.41, 5.74) is 1.76. The molecule has 0 bridgehead atoms. The highest BCUT2D eigenvalue weighted by atomic mass is 35.5. The number of piperazine rings is 1. The second-order valence-electron chi connectivity index (χ2n) is 6.39. The van der Waals surface area contributed by atoms with E-state index >= 15 is 0 Å². The van der Waals surface area contributed by atoms with Crippen molar-refractivity contribution >= 4 is 28.7 Å². The Morgan fingerprint density at radius 2 is 1.57 bits per heavy atom. The number of benzene rings is 1. The summed E-state index contributed by atoms with van der Waals surface area (Å²) in [5.74, 6) is 0. The van der Waals surface area contributed by atoms with E-state index in [-0.39, 0.29) is 10.6 Å². The first kappa shape index (κ1) is 16.3. The molecule has 1 aromatic rings. The highest BCUT2D eigenvalue weighted by Gasteiger charge is 2.26. The van der Waals surface area contributed by atoms with Gasteiger partial charge in [-0.1, -0.05) is 11.6 Å².